The molecule has 0 aliphatic heterocycles. The van der Waals surface area contributed by atoms with Crippen LogP contribution in [0.2, 0.25) is 5.02 Å². The van der Waals surface area contributed by atoms with Gasteiger partial charge in [-0.25, -0.2) is 4.98 Å². The fourth-order valence-corrected chi connectivity index (χ4v) is 1.98. The van der Waals surface area contributed by atoms with Crippen molar-refractivity contribution in [2.24, 2.45) is 0 Å². The lowest BCUT2D eigenvalue weighted by Crippen LogP contribution is -2.26. The molecule has 0 bridgehead atoms. The highest BCUT2D eigenvalue weighted by atomic mass is 35.5. The Kier molecular flexibility index (Phi) is 2.56. The number of fused-ring (bicyclic) bond motifs is 1. The van der Waals surface area contributed by atoms with Gasteiger partial charge in [0, 0.05) is 0 Å². The predicted molar refractivity (Wildman–Crippen MR) is 65.5 cm³/mol. The third-order valence-corrected chi connectivity index (χ3v) is 2.60. The van der Waals surface area contributed by atoms with E-state index >= 15 is 0 Å². The van der Waals surface area contributed by atoms with Crippen LogP contribution in [0.3, 0.4) is 0 Å². The Balaban J connectivity index is 2.64. The summed E-state index contributed by atoms with van der Waals surface area (Å²) in [5, 5.41) is 10.4. The zero-order valence-corrected chi connectivity index (χ0v) is 9.99. The third kappa shape index (κ3) is 1.99. The molecular formula is C11H14ClN3O. The summed E-state index contributed by atoms with van der Waals surface area (Å²) in [4.78, 5) is 4.20. The molecule has 1 heterocycles. The molecule has 3 N–H and O–H groups in total. The molecule has 0 radical (unpaired) electrons. The monoisotopic (exact) mass is 239 g/mol. The number of nitrogens with two attached hydrogens (primary N) is 1. The molecular weight excluding hydrogens is 226 g/mol. The minimum atomic E-state index is -0.860. The number of hydrogen-bond donors (Lipinski definition) is 2. The first-order valence-corrected chi connectivity index (χ1v) is 5.39. The van der Waals surface area contributed by atoms with Gasteiger partial charge < -0.3 is 15.4 Å². The summed E-state index contributed by atoms with van der Waals surface area (Å²) in [5.74, 6) is 0.366. The topological polar surface area (TPSA) is 64.1 Å². The maximum Gasteiger partial charge on any atom is 0.201 e. The molecule has 0 fully saturated rings. The largest absolute Gasteiger partial charge is 0.389 e. The zero-order valence-electron chi connectivity index (χ0n) is 9.24. The van der Waals surface area contributed by atoms with E-state index in [4.69, 9.17) is 17.3 Å². The Morgan fingerprint density at radius 1 is 1.50 bits per heavy atom. The molecule has 2 rings (SSSR count). The molecule has 0 amide bonds. The van der Waals surface area contributed by atoms with Crippen LogP contribution >= 0.6 is 11.6 Å². The van der Waals surface area contributed by atoms with E-state index in [0.29, 0.717) is 17.5 Å². The van der Waals surface area contributed by atoms with E-state index in [1.165, 1.54) is 0 Å². The van der Waals surface area contributed by atoms with Crippen LogP contribution in [0.1, 0.15) is 13.8 Å². The maximum absolute atomic E-state index is 9.82. The van der Waals surface area contributed by atoms with Crippen LogP contribution in [-0.2, 0) is 6.54 Å². The van der Waals surface area contributed by atoms with Crippen LogP contribution in [0.4, 0.5) is 5.95 Å². The summed E-state index contributed by atoms with van der Waals surface area (Å²) in [6.07, 6.45) is 0. The molecule has 1 aromatic carbocycles. The van der Waals surface area contributed by atoms with Gasteiger partial charge in [0.15, 0.2) is 0 Å². The van der Waals surface area contributed by atoms with E-state index < -0.39 is 5.60 Å². The summed E-state index contributed by atoms with van der Waals surface area (Å²) in [6, 6.07) is 5.45. The zero-order chi connectivity index (χ0) is 11.9. The Hall–Kier alpha value is -1.26. The molecule has 0 aliphatic rings. The van der Waals surface area contributed by atoms with Crippen LogP contribution in [-0.4, -0.2) is 20.3 Å². The van der Waals surface area contributed by atoms with Crippen LogP contribution < -0.4 is 5.73 Å². The number of anilines is 1. The molecule has 0 saturated carbocycles. The van der Waals surface area contributed by atoms with E-state index in [9.17, 15) is 5.11 Å². The number of imidazole rings is 1. The Morgan fingerprint density at radius 2 is 2.19 bits per heavy atom. The lowest BCUT2D eigenvalue weighted by molar-refractivity contribution is 0.0633. The van der Waals surface area contributed by atoms with E-state index in [-0.39, 0.29) is 0 Å². The van der Waals surface area contributed by atoms with Crippen molar-refractivity contribution in [1.29, 1.82) is 0 Å². The van der Waals surface area contributed by atoms with Crippen molar-refractivity contribution in [3.63, 3.8) is 0 Å². The van der Waals surface area contributed by atoms with Crippen molar-refractivity contribution in [2.45, 2.75) is 26.0 Å². The maximum atomic E-state index is 9.82. The highest BCUT2D eigenvalue weighted by Gasteiger charge is 2.19. The molecule has 0 spiro atoms. The minimum Gasteiger partial charge on any atom is -0.389 e. The Morgan fingerprint density at radius 3 is 2.81 bits per heavy atom. The van der Waals surface area contributed by atoms with Crippen molar-refractivity contribution in [3.05, 3.63) is 23.2 Å². The first kappa shape index (κ1) is 11.2. The van der Waals surface area contributed by atoms with Crippen molar-refractivity contribution in [2.75, 3.05) is 5.73 Å². The summed E-state index contributed by atoms with van der Waals surface area (Å²) in [7, 11) is 0. The summed E-state index contributed by atoms with van der Waals surface area (Å²) < 4.78 is 1.73. The Labute approximate surface area is 98.6 Å². The number of nitrogen functional groups attached to an aromatic ring is 1. The predicted octanol–water partition coefficient (Wildman–Crippen LogP) is 2.04. The van der Waals surface area contributed by atoms with Gasteiger partial charge in [0.1, 0.15) is 0 Å². The summed E-state index contributed by atoms with van der Waals surface area (Å²) >= 11 is 6.11. The first-order chi connectivity index (χ1) is 7.38. The second kappa shape index (κ2) is 3.64. The number of para-hydroxylation sites is 1. The molecule has 16 heavy (non-hydrogen) atoms. The average Bonchev–Trinajstić information content (AvgIpc) is 2.42. The van der Waals surface area contributed by atoms with Crippen LogP contribution in [0.15, 0.2) is 18.2 Å². The van der Waals surface area contributed by atoms with Gasteiger partial charge in [-0.3, -0.25) is 0 Å². The van der Waals surface area contributed by atoms with E-state index in [0.717, 1.165) is 11.0 Å². The SMILES string of the molecule is CC(C)(O)Cn1c(N)nc2cccc(Cl)c21. The van der Waals surface area contributed by atoms with Crippen LogP contribution in [0.5, 0.6) is 0 Å². The average molecular weight is 240 g/mol. The molecule has 1 aromatic heterocycles. The molecule has 4 nitrogen and oxygen atoms in total. The molecule has 0 unspecified atom stereocenters. The normalized spacial score (nSPS) is 12.2. The molecule has 0 aliphatic carbocycles. The molecule has 0 saturated heterocycles. The lowest BCUT2D eigenvalue weighted by atomic mass is 10.1. The van der Waals surface area contributed by atoms with Gasteiger partial charge >= 0.3 is 0 Å². The number of aromatic nitrogens is 2. The fourth-order valence-electron chi connectivity index (χ4n) is 1.71. The van der Waals surface area contributed by atoms with Gasteiger partial charge in [-0.15, -0.1) is 0 Å². The molecule has 86 valence electrons. The third-order valence-electron chi connectivity index (χ3n) is 2.29. The number of rotatable bonds is 2. The number of nitrogens with zero attached hydrogens (tertiary/aromatic N) is 2. The van der Waals surface area contributed by atoms with Crippen LogP contribution in [0.25, 0.3) is 11.0 Å². The van der Waals surface area contributed by atoms with Gasteiger partial charge in [-0.05, 0) is 26.0 Å². The highest BCUT2D eigenvalue weighted by Crippen LogP contribution is 2.26. The van der Waals surface area contributed by atoms with Gasteiger partial charge in [-0.1, -0.05) is 17.7 Å². The Bertz CT molecular complexity index is 528. The standard InChI is InChI=1S/C11H14ClN3O/c1-11(2,16)6-15-9-7(12)4-3-5-8(9)14-10(15)13/h3-5,16H,6H2,1-2H3,(H2,13,14). The van der Waals surface area contributed by atoms with E-state index in [1.54, 1.807) is 24.5 Å². The quantitative estimate of drug-likeness (QED) is 0.843. The highest BCUT2D eigenvalue weighted by molar-refractivity contribution is 6.35. The molecule has 5 heteroatoms. The second-order valence-corrected chi connectivity index (χ2v) is 4.88. The number of aliphatic hydroxyl groups is 1. The van der Waals surface area contributed by atoms with Crippen molar-refractivity contribution < 1.29 is 5.11 Å². The van der Waals surface area contributed by atoms with Crippen molar-refractivity contribution >= 4 is 28.6 Å². The summed E-state index contributed by atoms with van der Waals surface area (Å²) in [6.45, 7) is 3.79. The smallest absolute Gasteiger partial charge is 0.201 e. The fraction of sp³-hybridized carbons (Fsp3) is 0.364. The van der Waals surface area contributed by atoms with E-state index in [2.05, 4.69) is 4.98 Å². The van der Waals surface area contributed by atoms with Crippen molar-refractivity contribution in [3.8, 4) is 0 Å². The lowest BCUT2D eigenvalue weighted by Gasteiger charge is -2.19. The van der Waals surface area contributed by atoms with Crippen LogP contribution in [0, 0.1) is 0 Å². The van der Waals surface area contributed by atoms with Gasteiger partial charge in [0.25, 0.3) is 0 Å². The van der Waals surface area contributed by atoms with E-state index in [1.807, 2.05) is 12.1 Å². The van der Waals surface area contributed by atoms with Crippen molar-refractivity contribution in [1.82, 2.24) is 9.55 Å². The second-order valence-electron chi connectivity index (χ2n) is 4.48. The van der Waals surface area contributed by atoms with Gasteiger partial charge in [-0.2, -0.15) is 0 Å². The number of hydrogen-bond acceptors (Lipinski definition) is 3. The van der Waals surface area contributed by atoms with Gasteiger partial charge in [0.05, 0.1) is 28.2 Å². The number of benzene rings is 1. The molecule has 0 atom stereocenters. The molecule has 2 aromatic rings. The first-order valence-electron chi connectivity index (χ1n) is 5.01. The summed E-state index contributed by atoms with van der Waals surface area (Å²) in [5.41, 5.74) is 6.46. The number of halogens is 1. The van der Waals surface area contributed by atoms with Gasteiger partial charge in [0.2, 0.25) is 5.95 Å². The minimum absolute atomic E-state index is 0.360.